The summed E-state index contributed by atoms with van der Waals surface area (Å²) < 4.78 is 5.67. The van der Waals surface area contributed by atoms with Crippen LogP contribution in [0, 0.1) is 17.2 Å². The average Bonchev–Trinajstić information content (AvgIpc) is 2.79. The highest BCUT2D eigenvalue weighted by Crippen LogP contribution is 2.58. The third-order valence-electron chi connectivity index (χ3n) is 6.78. The number of nitriles is 1. The average molecular weight is 479 g/mol. The Hall–Kier alpha value is -3.58. The fourth-order valence-corrected chi connectivity index (χ4v) is 4.58. The number of benzene rings is 1. The van der Waals surface area contributed by atoms with Gasteiger partial charge < -0.3 is 30.5 Å². The van der Waals surface area contributed by atoms with E-state index in [0.29, 0.717) is 40.9 Å². The molecule has 1 amide bonds. The second-order valence-electron chi connectivity index (χ2n) is 9.77. The van der Waals surface area contributed by atoms with Crippen molar-refractivity contribution in [1.29, 1.82) is 5.26 Å². The number of likely N-dealkylation sites (N-methyl/N-ethyl adjacent to an activating group) is 2. The molecule has 0 aliphatic heterocycles. The molecule has 3 aliphatic carbocycles. The molecular formula is C25H34N8O2. The van der Waals surface area contributed by atoms with Crippen LogP contribution >= 0.6 is 0 Å². The van der Waals surface area contributed by atoms with Crippen molar-refractivity contribution in [2.24, 2.45) is 5.92 Å². The van der Waals surface area contributed by atoms with Gasteiger partial charge in [-0.25, -0.2) is 4.98 Å². The summed E-state index contributed by atoms with van der Waals surface area (Å²) in [4.78, 5) is 25.4. The molecule has 1 aromatic carbocycles. The van der Waals surface area contributed by atoms with Crippen molar-refractivity contribution in [2.75, 3.05) is 62.2 Å². The van der Waals surface area contributed by atoms with Gasteiger partial charge in [-0.2, -0.15) is 10.2 Å². The van der Waals surface area contributed by atoms with Crippen LogP contribution in [0.2, 0.25) is 0 Å². The van der Waals surface area contributed by atoms with E-state index in [1.807, 2.05) is 40.2 Å². The molecule has 2 bridgehead atoms. The van der Waals surface area contributed by atoms with E-state index in [0.717, 1.165) is 44.0 Å². The van der Waals surface area contributed by atoms with Crippen molar-refractivity contribution in [3.63, 3.8) is 0 Å². The molecule has 35 heavy (non-hydrogen) atoms. The number of nitrogens with zero attached hydrogens (tertiary/aromatic N) is 5. The largest absolute Gasteiger partial charge is 0.494 e. The first-order valence-corrected chi connectivity index (χ1v) is 12.0. The van der Waals surface area contributed by atoms with E-state index in [2.05, 4.69) is 41.8 Å². The number of carbonyl (C=O) groups is 1. The van der Waals surface area contributed by atoms with E-state index in [1.165, 1.54) is 6.20 Å². The van der Waals surface area contributed by atoms with Crippen molar-refractivity contribution < 1.29 is 9.53 Å². The normalized spacial score (nSPS) is 19.7. The lowest BCUT2D eigenvalue weighted by Crippen LogP contribution is -2.63. The fourth-order valence-electron chi connectivity index (χ4n) is 4.58. The van der Waals surface area contributed by atoms with Gasteiger partial charge in [-0.05, 0) is 45.3 Å². The fraction of sp³-hybridized carbons (Fsp3) is 0.520. The molecule has 3 saturated carbocycles. The van der Waals surface area contributed by atoms with Gasteiger partial charge in [0.25, 0.3) is 0 Å². The predicted molar refractivity (Wildman–Crippen MR) is 137 cm³/mol. The van der Waals surface area contributed by atoms with E-state index in [1.54, 1.807) is 7.11 Å². The first-order chi connectivity index (χ1) is 16.8. The quantitative estimate of drug-likeness (QED) is 0.446. The molecule has 10 nitrogen and oxygen atoms in total. The molecule has 3 N–H and O–H groups in total. The first-order valence-electron chi connectivity index (χ1n) is 12.0. The smallest absolute Gasteiger partial charge is 0.229 e. The maximum Gasteiger partial charge on any atom is 0.229 e. The van der Waals surface area contributed by atoms with E-state index in [4.69, 9.17) is 4.74 Å². The molecule has 3 fully saturated rings. The van der Waals surface area contributed by atoms with Gasteiger partial charge in [-0.1, -0.05) is 6.92 Å². The van der Waals surface area contributed by atoms with Gasteiger partial charge in [0.2, 0.25) is 11.9 Å². The number of rotatable bonds is 11. The third-order valence-corrected chi connectivity index (χ3v) is 6.78. The van der Waals surface area contributed by atoms with Crippen LogP contribution in [-0.2, 0) is 4.79 Å². The van der Waals surface area contributed by atoms with Crippen molar-refractivity contribution >= 4 is 34.7 Å². The van der Waals surface area contributed by atoms with E-state index >= 15 is 0 Å². The minimum absolute atomic E-state index is 0.0793. The zero-order valence-electron chi connectivity index (χ0n) is 21.1. The zero-order valence-corrected chi connectivity index (χ0v) is 21.1. The SMILES string of the molecule is CCC(=O)Nc1cc(Nc2ncc(C#N)c(NC34CC(C3)C4)n2)c(OC)cc1N(C)CCN(C)C. The maximum absolute atomic E-state index is 12.3. The highest BCUT2D eigenvalue weighted by Gasteiger charge is 2.57. The summed E-state index contributed by atoms with van der Waals surface area (Å²) in [5.74, 6) is 2.21. The maximum atomic E-state index is 12.3. The van der Waals surface area contributed by atoms with Gasteiger partial charge >= 0.3 is 0 Å². The second-order valence-corrected chi connectivity index (χ2v) is 9.77. The number of hydrogen-bond donors (Lipinski definition) is 3. The molecule has 0 radical (unpaired) electrons. The van der Waals surface area contributed by atoms with Crippen LogP contribution in [0.15, 0.2) is 18.3 Å². The standard InChI is InChI=1S/C25H34N8O2/c1-6-22(34)28-18-9-19(21(35-5)10-20(18)33(4)8-7-32(2)3)29-24-27-15-17(14-26)23(30-24)31-25-11-16(12-25)13-25/h9-10,15-16H,6-8,11-13H2,1-5H3,(H,28,34)(H2,27,29,30,31). The Labute approximate surface area is 206 Å². The summed E-state index contributed by atoms with van der Waals surface area (Å²) >= 11 is 0. The summed E-state index contributed by atoms with van der Waals surface area (Å²) in [6.45, 7) is 3.45. The van der Waals surface area contributed by atoms with Crippen molar-refractivity contribution in [3.05, 3.63) is 23.9 Å². The Bertz CT molecular complexity index is 1130. The monoisotopic (exact) mass is 478 g/mol. The molecule has 186 valence electrons. The molecule has 2 aromatic rings. The van der Waals surface area contributed by atoms with Gasteiger partial charge in [0.15, 0.2) is 0 Å². The molecule has 10 heteroatoms. The Morgan fingerprint density at radius 1 is 1.23 bits per heavy atom. The Morgan fingerprint density at radius 3 is 2.54 bits per heavy atom. The van der Waals surface area contributed by atoms with Crippen molar-refractivity contribution in [1.82, 2.24) is 14.9 Å². The minimum Gasteiger partial charge on any atom is -0.494 e. The molecule has 0 saturated heterocycles. The number of ether oxygens (including phenoxy) is 1. The number of aromatic nitrogens is 2. The van der Waals surface area contributed by atoms with Gasteiger partial charge in [-0.3, -0.25) is 4.79 Å². The third kappa shape index (κ3) is 5.25. The highest BCUT2D eigenvalue weighted by molar-refractivity contribution is 5.96. The Balaban J connectivity index is 1.63. The zero-order chi connectivity index (χ0) is 25.2. The number of anilines is 5. The van der Waals surface area contributed by atoms with Crippen molar-refractivity contribution in [2.45, 2.75) is 38.1 Å². The number of amides is 1. The lowest BCUT2D eigenvalue weighted by Gasteiger charge is -2.62. The molecule has 1 aromatic heterocycles. The van der Waals surface area contributed by atoms with Crippen LogP contribution in [0.5, 0.6) is 5.75 Å². The summed E-state index contributed by atoms with van der Waals surface area (Å²) in [7, 11) is 7.63. The number of nitrogens with one attached hydrogen (secondary N) is 3. The van der Waals surface area contributed by atoms with Crippen LogP contribution < -0.4 is 25.6 Å². The summed E-state index contributed by atoms with van der Waals surface area (Å²) in [6, 6.07) is 5.91. The van der Waals surface area contributed by atoms with Crippen LogP contribution in [0.3, 0.4) is 0 Å². The molecule has 3 aliphatic rings. The van der Waals surface area contributed by atoms with Gasteiger partial charge in [0.1, 0.15) is 23.2 Å². The van der Waals surface area contributed by atoms with Crippen molar-refractivity contribution in [3.8, 4) is 11.8 Å². The number of hydrogen-bond acceptors (Lipinski definition) is 9. The van der Waals surface area contributed by atoms with E-state index in [-0.39, 0.29) is 11.4 Å². The van der Waals surface area contributed by atoms with E-state index < -0.39 is 0 Å². The summed E-state index contributed by atoms with van der Waals surface area (Å²) in [6.07, 6.45) is 5.27. The number of methoxy groups -OCH3 is 1. The van der Waals surface area contributed by atoms with Crippen LogP contribution in [0.25, 0.3) is 0 Å². The minimum atomic E-state index is -0.0805. The molecule has 0 spiro atoms. The van der Waals surface area contributed by atoms with Crippen LogP contribution in [0.1, 0.15) is 38.2 Å². The van der Waals surface area contributed by atoms with Gasteiger partial charge in [-0.15, -0.1) is 0 Å². The predicted octanol–water partition coefficient (Wildman–Crippen LogP) is 3.41. The van der Waals surface area contributed by atoms with Crippen LogP contribution in [-0.4, -0.2) is 67.7 Å². The molecule has 0 unspecified atom stereocenters. The molecule has 0 atom stereocenters. The molecule has 1 heterocycles. The first kappa shape index (κ1) is 24.5. The molecular weight excluding hydrogens is 444 g/mol. The summed E-state index contributed by atoms with van der Waals surface area (Å²) in [5, 5.41) is 19.2. The van der Waals surface area contributed by atoms with Gasteiger partial charge in [0, 0.05) is 38.2 Å². The second kappa shape index (κ2) is 9.96. The summed E-state index contributed by atoms with van der Waals surface area (Å²) in [5.41, 5.74) is 2.63. The topological polar surface area (TPSA) is 118 Å². The Morgan fingerprint density at radius 2 is 1.97 bits per heavy atom. The lowest BCUT2D eigenvalue weighted by atomic mass is 9.50. The number of carbonyl (C=O) groups excluding carboxylic acids is 1. The van der Waals surface area contributed by atoms with Crippen LogP contribution in [0.4, 0.5) is 28.8 Å². The lowest BCUT2D eigenvalue weighted by molar-refractivity contribution is -0.115. The van der Waals surface area contributed by atoms with Gasteiger partial charge in [0.05, 0.1) is 30.4 Å². The highest BCUT2D eigenvalue weighted by atomic mass is 16.5. The van der Waals surface area contributed by atoms with E-state index in [9.17, 15) is 10.1 Å². The Kier molecular flexibility index (Phi) is 6.98. The molecule has 5 rings (SSSR count).